The number of nitrogens with one attached hydrogen (secondary N) is 1. The number of nitrogens with zero attached hydrogens (tertiary/aromatic N) is 2. The number of hydrogen-bond donors (Lipinski definition) is 1. The van der Waals surface area contributed by atoms with Crippen LogP contribution in [0.25, 0.3) is 0 Å². The number of nitro benzene ring substituents is 1. The van der Waals surface area contributed by atoms with Crippen molar-refractivity contribution in [2.75, 3.05) is 18.0 Å². The van der Waals surface area contributed by atoms with Gasteiger partial charge in [-0.15, -0.1) is 0 Å². The van der Waals surface area contributed by atoms with Crippen LogP contribution in [0, 0.1) is 16.0 Å². The van der Waals surface area contributed by atoms with E-state index in [4.69, 9.17) is 4.42 Å². The molecular weight excluding hydrogens is 322 g/mol. The minimum Gasteiger partial charge on any atom is -0.467 e. The second-order valence-electron chi connectivity index (χ2n) is 6.39. The van der Waals surface area contributed by atoms with Crippen LogP contribution in [-0.2, 0) is 6.54 Å². The monoisotopic (exact) mass is 343 g/mol. The predicted octanol–water partition coefficient (Wildman–Crippen LogP) is 3.35. The molecule has 0 aliphatic carbocycles. The highest BCUT2D eigenvalue weighted by Gasteiger charge is 2.23. The lowest BCUT2D eigenvalue weighted by Gasteiger charge is -2.33. The third-order valence-corrected chi connectivity index (χ3v) is 4.56. The first-order valence-electron chi connectivity index (χ1n) is 8.38. The Morgan fingerprint density at radius 1 is 1.36 bits per heavy atom. The summed E-state index contributed by atoms with van der Waals surface area (Å²) in [5, 5.41) is 13.9. The fourth-order valence-corrected chi connectivity index (χ4v) is 3.02. The van der Waals surface area contributed by atoms with Crippen LogP contribution in [-0.4, -0.2) is 23.9 Å². The van der Waals surface area contributed by atoms with Crippen LogP contribution in [0.15, 0.2) is 41.0 Å². The van der Waals surface area contributed by atoms with Crippen molar-refractivity contribution in [1.29, 1.82) is 0 Å². The fourth-order valence-electron chi connectivity index (χ4n) is 3.02. The standard InChI is InChI=1S/C18H21N3O4/c1-13-6-8-20(9-7-13)17-5-4-14(21(23)24)11-16(17)18(22)19-12-15-3-2-10-25-15/h2-5,10-11,13H,6-9,12H2,1H3,(H,19,22). The molecule has 1 aromatic heterocycles. The highest BCUT2D eigenvalue weighted by atomic mass is 16.6. The number of hydrogen-bond acceptors (Lipinski definition) is 5. The zero-order valence-corrected chi connectivity index (χ0v) is 14.1. The average molecular weight is 343 g/mol. The van der Waals surface area contributed by atoms with E-state index in [0.717, 1.165) is 31.6 Å². The van der Waals surface area contributed by atoms with E-state index in [-0.39, 0.29) is 18.1 Å². The molecule has 1 amide bonds. The molecule has 0 radical (unpaired) electrons. The van der Waals surface area contributed by atoms with Crippen molar-refractivity contribution in [3.05, 3.63) is 58.0 Å². The fraction of sp³-hybridized carbons (Fsp3) is 0.389. The first kappa shape index (κ1) is 17.0. The van der Waals surface area contributed by atoms with Crippen LogP contribution in [0.2, 0.25) is 0 Å². The summed E-state index contributed by atoms with van der Waals surface area (Å²) in [6, 6.07) is 7.99. The smallest absolute Gasteiger partial charge is 0.270 e. The Balaban J connectivity index is 1.84. The maximum atomic E-state index is 12.6. The molecule has 7 heteroatoms. The van der Waals surface area contributed by atoms with Crippen LogP contribution in [0.4, 0.5) is 11.4 Å². The van der Waals surface area contributed by atoms with Gasteiger partial charge in [0.1, 0.15) is 5.76 Å². The van der Waals surface area contributed by atoms with Gasteiger partial charge in [-0.05, 0) is 37.0 Å². The molecule has 2 heterocycles. The summed E-state index contributed by atoms with van der Waals surface area (Å²) in [6.45, 7) is 4.14. The van der Waals surface area contributed by atoms with Gasteiger partial charge in [0.2, 0.25) is 0 Å². The van der Waals surface area contributed by atoms with E-state index in [9.17, 15) is 14.9 Å². The van der Waals surface area contributed by atoms with Gasteiger partial charge < -0.3 is 14.6 Å². The Labute approximate surface area is 145 Å². The molecule has 1 N–H and O–H groups in total. The van der Waals surface area contributed by atoms with Crippen LogP contribution in [0.3, 0.4) is 0 Å². The first-order valence-corrected chi connectivity index (χ1v) is 8.38. The van der Waals surface area contributed by atoms with Gasteiger partial charge in [0, 0.05) is 25.2 Å². The van der Waals surface area contributed by atoms with Gasteiger partial charge in [-0.1, -0.05) is 6.92 Å². The molecular formula is C18H21N3O4. The molecule has 0 unspecified atom stereocenters. The van der Waals surface area contributed by atoms with Crippen LogP contribution < -0.4 is 10.2 Å². The van der Waals surface area contributed by atoms with Crippen LogP contribution in [0.1, 0.15) is 35.9 Å². The molecule has 1 saturated heterocycles. The molecule has 132 valence electrons. The Morgan fingerprint density at radius 2 is 2.12 bits per heavy atom. The molecule has 1 aliphatic heterocycles. The number of carbonyl (C=O) groups is 1. The van der Waals surface area contributed by atoms with Crippen molar-refractivity contribution in [3.63, 3.8) is 0 Å². The lowest BCUT2D eigenvalue weighted by Crippen LogP contribution is -2.35. The van der Waals surface area contributed by atoms with Crippen molar-refractivity contribution in [2.45, 2.75) is 26.3 Å². The molecule has 0 atom stereocenters. The number of amides is 1. The second kappa shape index (κ2) is 7.38. The first-order chi connectivity index (χ1) is 12.0. The number of rotatable bonds is 5. The molecule has 25 heavy (non-hydrogen) atoms. The van der Waals surface area contributed by atoms with Gasteiger partial charge >= 0.3 is 0 Å². The third-order valence-electron chi connectivity index (χ3n) is 4.56. The van der Waals surface area contributed by atoms with E-state index in [1.165, 1.54) is 18.4 Å². The number of piperidine rings is 1. The molecule has 7 nitrogen and oxygen atoms in total. The number of anilines is 1. The number of carbonyl (C=O) groups excluding carboxylic acids is 1. The summed E-state index contributed by atoms with van der Waals surface area (Å²) >= 11 is 0. The molecule has 0 spiro atoms. The Kier molecular flexibility index (Phi) is 5.02. The molecule has 1 aromatic carbocycles. The molecule has 0 bridgehead atoms. The zero-order valence-electron chi connectivity index (χ0n) is 14.1. The Morgan fingerprint density at radius 3 is 2.76 bits per heavy atom. The van der Waals surface area contributed by atoms with Crippen molar-refractivity contribution < 1.29 is 14.1 Å². The van der Waals surface area contributed by atoms with E-state index in [1.807, 2.05) is 0 Å². The third kappa shape index (κ3) is 3.99. The lowest BCUT2D eigenvalue weighted by atomic mass is 9.98. The van der Waals surface area contributed by atoms with Crippen molar-refractivity contribution in [3.8, 4) is 0 Å². The number of benzene rings is 1. The predicted molar refractivity (Wildman–Crippen MR) is 93.6 cm³/mol. The molecule has 0 saturated carbocycles. The van der Waals surface area contributed by atoms with E-state index < -0.39 is 4.92 Å². The van der Waals surface area contributed by atoms with Gasteiger partial charge in [-0.2, -0.15) is 0 Å². The second-order valence-corrected chi connectivity index (χ2v) is 6.39. The zero-order chi connectivity index (χ0) is 17.8. The van der Waals surface area contributed by atoms with E-state index in [1.54, 1.807) is 18.2 Å². The normalized spacial score (nSPS) is 15.2. The largest absolute Gasteiger partial charge is 0.467 e. The molecule has 1 aliphatic rings. The van der Waals surface area contributed by atoms with Crippen molar-refractivity contribution in [1.82, 2.24) is 5.32 Å². The topological polar surface area (TPSA) is 88.6 Å². The van der Waals surface area contributed by atoms with Crippen molar-refractivity contribution >= 4 is 17.3 Å². The van der Waals surface area contributed by atoms with Crippen LogP contribution in [0.5, 0.6) is 0 Å². The maximum absolute atomic E-state index is 12.6. The number of non-ortho nitro benzene ring substituents is 1. The Bertz CT molecular complexity index is 750. The van der Waals surface area contributed by atoms with Gasteiger partial charge in [-0.3, -0.25) is 14.9 Å². The summed E-state index contributed by atoms with van der Waals surface area (Å²) in [6.07, 6.45) is 3.63. The quantitative estimate of drug-likeness (QED) is 0.664. The van der Waals surface area contributed by atoms with Gasteiger partial charge in [-0.25, -0.2) is 0 Å². The van der Waals surface area contributed by atoms with Gasteiger partial charge in [0.05, 0.1) is 29.0 Å². The lowest BCUT2D eigenvalue weighted by molar-refractivity contribution is -0.384. The van der Waals surface area contributed by atoms with Crippen LogP contribution >= 0.6 is 0 Å². The number of furan rings is 1. The van der Waals surface area contributed by atoms with Gasteiger partial charge in [0.25, 0.3) is 11.6 Å². The summed E-state index contributed by atoms with van der Waals surface area (Å²) in [4.78, 5) is 25.4. The minimum absolute atomic E-state index is 0.0859. The maximum Gasteiger partial charge on any atom is 0.270 e. The summed E-state index contributed by atoms with van der Waals surface area (Å²) in [5.41, 5.74) is 0.988. The minimum atomic E-state index is -0.481. The molecule has 1 fully saturated rings. The summed E-state index contributed by atoms with van der Waals surface area (Å²) in [7, 11) is 0. The van der Waals surface area contributed by atoms with E-state index in [0.29, 0.717) is 17.2 Å². The van der Waals surface area contributed by atoms with E-state index in [2.05, 4.69) is 17.1 Å². The van der Waals surface area contributed by atoms with Gasteiger partial charge in [0.15, 0.2) is 0 Å². The highest BCUT2D eigenvalue weighted by molar-refractivity contribution is 6.00. The SMILES string of the molecule is CC1CCN(c2ccc([N+](=O)[O-])cc2C(=O)NCc2ccco2)CC1. The Hall–Kier alpha value is -2.83. The average Bonchev–Trinajstić information content (AvgIpc) is 3.13. The molecule has 3 rings (SSSR count). The molecule has 2 aromatic rings. The number of nitro groups is 1. The van der Waals surface area contributed by atoms with E-state index >= 15 is 0 Å². The summed E-state index contributed by atoms with van der Waals surface area (Å²) < 4.78 is 5.21. The summed E-state index contributed by atoms with van der Waals surface area (Å²) in [5.74, 6) is 0.950. The highest BCUT2D eigenvalue weighted by Crippen LogP contribution is 2.29. The van der Waals surface area contributed by atoms with Crippen molar-refractivity contribution in [2.24, 2.45) is 5.92 Å².